The molecule has 1 atom stereocenters. The van der Waals surface area contributed by atoms with Gasteiger partial charge in [0.25, 0.3) is 15.7 Å². The maximum atomic E-state index is 12.5. The van der Waals surface area contributed by atoms with Crippen LogP contribution in [0.1, 0.15) is 6.92 Å². The predicted molar refractivity (Wildman–Crippen MR) is 78.0 cm³/mol. The summed E-state index contributed by atoms with van der Waals surface area (Å²) in [6.45, 7) is 1.31. The molecule has 1 fully saturated rings. The monoisotopic (exact) mass is 374 g/mol. The Morgan fingerprint density at radius 1 is 1.52 bits per heavy atom. The molecule has 0 amide bonds. The summed E-state index contributed by atoms with van der Waals surface area (Å²) in [6, 6.07) is 0.173. The largest absolute Gasteiger partial charge is 0.300 e. The fourth-order valence-corrected chi connectivity index (χ4v) is 7.24. The lowest BCUT2D eigenvalue weighted by molar-refractivity contribution is -0.384. The molecule has 118 valence electrons. The van der Waals surface area contributed by atoms with Gasteiger partial charge in [-0.2, -0.15) is 4.31 Å². The summed E-state index contributed by atoms with van der Waals surface area (Å²) in [6.07, 6.45) is 0. The van der Waals surface area contributed by atoms with Gasteiger partial charge in [-0.3, -0.25) is 10.1 Å². The van der Waals surface area contributed by atoms with Crippen molar-refractivity contribution in [3.8, 4) is 0 Å². The lowest BCUT2D eigenvalue weighted by Crippen LogP contribution is -2.49. The van der Waals surface area contributed by atoms with Gasteiger partial charge in [0, 0.05) is 18.7 Å². The average Bonchev–Trinajstić information content (AvgIpc) is 2.70. The second-order valence-corrected chi connectivity index (χ2v) is 10.6. The highest BCUT2D eigenvalue weighted by molar-refractivity contribution is 7.93. The molecule has 0 saturated carbocycles. The molecule has 0 aromatic carbocycles. The number of hydrogen-bond donors (Lipinski definition) is 0. The van der Waals surface area contributed by atoms with Gasteiger partial charge in [0.1, 0.15) is 4.21 Å². The SMILES string of the molecule is CC1CS(=O)(=O)CCN1S(=O)(=O)c1cc([N+](=O)[O-])c(Cl)s1. The Labute approximate surface area is 130 Å². The third-order valence-electron chi connectivity index (χ3n) is 3.02. The minimum Gasteiger partial charge on any atom is -0.258 e. The number of thiophene rings is 1. The van der Waals surface area contributed by atoms with Crippen LogP contribution in [0.25, 0.3) is 0 Å². The molecule has 1 aromatic heterocycles. The summed E-state index contributed by atoms with van der Waals surface area (Å²) in [4.78, 5) is 9.97. The highest BCUT2D eigenvalue weighted by Gasteiger charge is 2.38. The van der Waals surface area contributed by atoms with Crippen molar-refractivity contribution in [3.63, 3.8) is 0 Å². The van der Waals surface area contributed by atoms with Crippen molar-refractivity contribution in [2.75, 3.05) is 18.1 Å². The van der Waals surface area contributed by atoms with Gasteiger partial charge in [-0.05, 0) is 6.92 Å². The number of hydrogen-bond acceptors (Lipinski definition) is 7. The molecule has 0 N–H and O–H groups in total. The fraction of sp³-hybridized carbons (Fsp3) is 0.556. The Hall–Kier alpha value is -0.750. The molecule has 1 saturated heterocycles. The number of sulfonamides is 1. The highest BCUT2D eigenvalue weighted by Crippen LogP contribution is 2.38. The Balaban J connectivity index is 2.39. The van der Waals surface area contributed by atoms with Crippen LogP contribution in [-0.2, 0) is 19.9 Å². The van der Waals surface area contributed by atoms with Crippen molar-refractivity contribution in [2.45, 2.75) is 17.2 Å². The van der Waals surface area contributed by atoms with Gasteiger partial charge >= 0.3 is 0 Å². The predicted octanol–water partition coefficient (Wildman–Crippen LogP) is 1.12. The number of halogens is 1. The quantitative estimate of drug-likeness (QED) is 0.578. The van der Waals surface area contributed by atoms with E-state index in [1.165, 1.54) is 6.92 Å². The van der Waals surface area contributed by atoms with Crippen molar-refractivity contribution in [1.29, 1.82) is 0 Å². The fourth-order valence-electron chi connectivity index (χ4n) is 2.05. The van der Waals surface area contributed by atoms with Crippen LogP contribution in [-0.4, -0.2) is 50.2 Å². The van der Waals surface area contributed by atoms with E-state index >= 15 is 0 Å². The Morgan fingerprint density at radius 2 is 2.14 bits per heavy atom. The molecule has 12 heteroatoms. The van der Waals surface area contributed by atoms with Gasteiger partial charge in [0.2, 0.25) is 0 Å². The molecular weight excluding hydrogens is 364 g/mol. The van der Waals surface area contributed by atoms with E-state index in [1.54, 1.807) is 0 Å². The van der Waals surface area contributed by atoms with Crippen LogP contribution >= 0.6 is 22.9 Å². The van der Waals surface area contributed by atoms with Crippen LogP contribution in [0.15, 0.2) is 10.3 Å². The lowest BCUT2D eigenvalue weighted by atomic mass is 10.4. The van der Waals surface area contributed by atoms with Crippen LogP contribution in [0.4, 0.5) is 5.69 Å². The first-order valence-corrected chi connectivity index (χ1v) is 10.2. The van der Waals surface area contributed by atoms with E-state index in [9.17, 15) is 26.9 Å². The average molecular weight is 375 g/mol. The molecule has 1 aliphatic heterocycles. The van der Waals surface area contributed by atoms with Crippen LogP contribution in [0.2, 0.25) is 4.34 Å². The second kappa shape index (κ2) is 5.47. The zero-order valence-electron chi connectivity index (χ0n) is 10.7. The summed E-state index contributed by atoms with van der Waals surface area (Å²) < 4.78 is 48.4. The smallest absolute Gasteiger partial charge is 0.258 e. The Bertz CT molecular complexity index is 784. The van der Waals surface area contributed by atoms with E-state index < -0.39 is 36.5 Å². The van der Waals surface area contributed by atoms with Crippen LogP contribution in [0.3, 0.4) is 0 Å². The summed E-state index contributed by atoms with van der Waals surface area (Å²) in [5.74, 6) is -0.537. The van der Waals surface area contributed by atoms with E-state index in [0.717, 1.165) is 10.4 Å². The van der Waals surface area contributed by atoms with Gasteiger partial charge < -0.3 is 0 Å². The molecule has 21 heavy (non-hydrogen) atoms. The maximum absolute atomic E-state index is 12.5. The molecule has 2 rings (SSSR count). The van der Waals surface area contributed by atoms with E-state index in [1.807, 2.05) is 0 Å². The van der Waals surface area contributed by atoms with Crippen molar-refractivity contribution < 1.29 is 21.8 Å². The standard InChI is InChI=1S/C9H11ClN2O6S3/c1-6-5-20(15,16)3-2-11(6)21(17,18)8-4-7(12(13)14)9(10)19-8/h4,6H,2-3,5H2,1H3. The van der Waals surface area contributed by atoms with E-state index in [0.29, 0.717) is 11.3 Å². The Morgan fingerprint density at radius 3 is 2.62 bits per heavy atom. The van der Waals surface area contributed by atoms with Crippen LogP contribution in [0, 0.1) is 10.1 Å². The third-order valence-corrected chi connectivity index (χ3v) is 8.61. The van der Waals surface area contributed by atoms with Gasteiger partial charge in [-0.15, -0.1) is 11.3 Å². The molecular formula is C9H11ClN2O6S3. The van der Waals surface area contributed by atoms with Crippen molar-refractivity contribution in [3.05, 3.63) is 20.5 Å². The number of nitro groups is 1. The molecule has 0 radical (unpaired) electrons. The zero-order valence-corrected chi connectivity index (χ0v) is 13.9. The van der Waals surface area contributed by atoms with E-state index in [4.69, 9.17) is 11.6 Å². The van der Waals surface area contributed by atoms with Crippen molar-refractivity contribution in [1.82, 2.24) is 4.31 Å². The molecule has 0 bridgehead atoms. The number of nitrogens with zero attached hydrogens (tertiary/aromatic N) is 2. The van der Waals surface area contributed by atoms with Crippen LogP contribution in [0.5, 0.6) is 0 Å². The normalized spacial score (nSPS) is 23.0. The first-order chi connectivity index (χ1) is 9.54. The van der Waals surface area contributed by atoms with Gasteiger partial charge in [0.05, 0.1) is 16.4 Å². The topological polar surface area (TPSA) is 115 Å². The number of rotatable bonds is 3. The highest BCUT2D eigenvalue weighted by atomic mass is 35.5. The molecule has 1 aliphatic rings. The minimum absolute atomic E-state index is 0.171. The minimum atomic E-state index is -4.00. The van der Waals surface area contributed by atoms with Crippen molar-refractivity contribution in [2.24, 2.45) is 0 Å². The summed E-state index contributed by atoms with van der Waals surface area (Å²) in [7, 11) is -7.26. The summed E-state index contributed by atoms with van der Waals surface area (Å²) >= 11 is 6.25. The van der Waals surface area contributed by atoms with E-state index in [2.05, 4.69) is 0 Å². The molecule has 0 aliphatic carbocycles. The van der Waals surface area contributed by atoms with Gasteiger partial charge in [-0.25, -0.2) is 16.8 Å². The molecule has 1 aromatic rings. The maximum Gasteiger partial charge on any atom is 0.300 e. The lowest BCUT2D eigenvalue weighted by Gasteiger charge is -2.31. The summed E-state index contributed by atoms with van der Waals surface area (Å²) in [5.41, 5.74) is -0.475. The molecule has 0 spiro atoms. The summed E-state index contributed by atoms with van der Waals surface area (Å²) in [5, 5.41) is 10.7. The molecule has 8 nitrogen and oxygen atoms in total. The zero-order chi connectivity index (χ0) is 16.0. The second-order valence-electron chi connectivity index (χ2n) is 4.56. The van der Waals surface area contributed by atoms with Crippen LogP contribution < -0.4 is 0 Å². The molecule has 2 heterocycles. The number of sulfone groups is 1. The van der Waals surface area contributed by atoms with Gasteiger partial charge in [-0.1, -0.05) is 11.6 Å². The van der Waals surface area contributed by atoms with Crippen molar-refractivity contribution >= 4 is 48.5 Å². The third kappa shape index (κ3) is 3.21. The first kappa shape index (κ1) is 16.6. The Kier molecular flexibility index (Phi) is 4.32. The first-order valence-electron chi connectivity index (χ1n) is 5.70. The van der Waals surface area contributed by atoms with E-state index in [-0.39, 0.29) is 26.6 Å². The van der Waals surface area contributed by atoms with Gasteiger partial charge in [0.15, 0.2) is 14.2 Å². The molecule has 1 unspecified atom stereocenters.